The second-order valence-corrected chi connectivity index (χ2v) is 11.6. The fourth-order valence-electron chi connectivity index (χ4n) is 7.24. The zero-order valence-electron chi connectivity index (χ0n) is 21.0. The highest BCUT2D eigenvalue weighted by molar-refractivity contribution is 5.89. The van der Waals surface area contributed by atoms with Crippen LogP contribution in [0.5, 0.6) is 5.75 Å². The number of hydrogen-bond acceptors (Lipinski definition) is 5. The van der Waals surface area contributed by atoms with Gasteiger partial charge in [0.1, 0.15) is 5.75 Å². The average Bonchev–Trinajstić information content (AvgIpc) is 2.81. The van der Waals surface area contributed by atoms with Crippen LogP contribution >= 0.6 is 0 Å². The zero-order chi connectivity index (χ0) is 25.3. The lowest BCUT2D eigenvalue weighted by atomic mass is 9.53. The predicted molar refractivity (Wildman–Crippen MR) is 140 cm³/mol. The van der Waals surface area contributed by atoms with Gasteiger partial charge in [0.25, 0.3) is 0 Å². The molecule has 4 aliphatic rings. The molecule has 6 N–H and O–H groups in total. The number of aromatic hydroxyl groups is 1. The van der Waals surface area contributed by atoms with Gasteiger partial charge in [-0.1, -0.05) is 18.2 Å². The molecule has 2 aromatic rings. The number of aliphatic hydroxyl groups is 2. The minimum atomic E-state index is -0.750. The molecule has 4 aliphatic carbocycles. The van der Waals surface area contributed by atoms with Crippen molar-refractivity contribution in [2.75, 3.05) is 11.9 Å². The Balaban J connectivity index is 1.12. The summed E-state index contributed by atoms with van der Waals surface area (Å²) in [4.78, 5) is 12.9. The second-order valence-electron chi connectivity index (χ2n) is 11.6. The minimum Gasteiger partial charge on any atom is -0.508 e. The number of nitrogens with one attached hydrogen (secondary N) is 3. The summed E-state index contributed by atoms with van der Waals surface area (Å²) in [5, 5.41) is 39.4. The lowest BCUT2D eigenvalue weighted by Gasteiger charge is -2.56. The summed E-state index contributed by atoms with van der Waals surface area (Å²) in [5.74, 6) is 2.39. The summed E-state index contributed by atoms with van der Waals surface area (Å²) in [6.45, 7) is 2.13. The van der Waals surface area contributed by atoms with Crippen LogP contribution in [0.2, 0.25) is 0 Å². The van der Waals surface area contributed by atoms with Gasteiger partial charge in [-0.25, -0.2) is 4.79 Å². The zero-order valence-corrected chi connectivity index (χ0v) is 21.0. The molecule has 4 fully saturated rings. The molecule has 0 saturated heterocycles. The van der Waals surface area contributed by atoms with Gasteiger partial charge in [-0.2, -0.15) is 0 Å². The summed E-state index contributed by atoms with van der Waals surface area (Å²) >= 11 is 0. The molecule has 2 aromatic carbocycles. The van der Waals surface area contributed by atoms with Crippen molar-refractivity contribution < 1.29 is 20.1 Å². The Morgan fingerprint density at radius 3 is 2.42 bits per heavy atom. The SMILES string of the molecule is C[C@H](Cc1cccc(NC(=O)NC23CC4CC(CC(C4)C2)C3)c1)NC[C@H](O)c1ccc(O)c(CO)c1. The maximum atomic E-state index is 12.9. The number of amides is 2. The van der Waals surface area contributed by atoms with Gasteiger partial charge in [0.15, 0.2) is 0 Å². The van der Waals surface area contributed by atoms with Gasteiger partial charge in [0, 0.05) is 29.4 Å². The molecular weight excluding hydrogens is 454 g/mol. The molecule has 4 bridgehead atoms. The maximum Gasteiger partial charge on any atom is 0.319 e. The van der Waals surface area contributed by atoms with Crippen LogP contribution in [0.25, 0.3) is 0 Å². The van der Waals surface area contributed by atoms with E-state index in [-0.39, 0.29) is 30.0 Å². The second kappa shape index (κ2) is 10.4. The van der Waals surface area contributed by atoms with E-state index in [2.05, 4.69) is 22.9 Å². The van der Waals surface area contributed by atoms with E-state index in [1.54, 1.807) is 12.1 Å². The third-order valence-electron chi connectivity index (χ3n) is 8.46. The Kier molecular flexibility index (Phi) is 7.24. The van der Waals surface area contributed by atoms with Crippen LogP contribution in [0.1, 0.15) is 68.2 Å². The Bertz CT molecular complexity index is 1050. The van der Waals surface area contributed by atoms with E-state index >= 15 is 0 Å². The monoisotopic (exact) mass is 493 g/mol. The number of benzene rings is 2. The molecule has 0 unspecified atom stereocenters. The number of aliphatic hydroxyl groups excluding tert-OH is 2. The smallest absolute Gasteiger partial charge is 0.319 e. The molecule has 0 heterocycles. The van der Waals surface area contributed by atoms with Gasteiger partial charge in [0.2, 0.25) is 0 Å². The van der Waals surface area contributed by atoms with Gasteiger partial charge in [-0.15, -0.1) is 0 Å². The first kappa shape index (κ1) is 25.1. The van der Waals surface area contributed by atoms with Gasteiger partial charge >= 0.3 is 6.03 Å². The highest BCUT2D eigenvalue weighted by Gasteiger charge is 2.51. The Morgan fingerprint density at radius 2 is 1.75 bits per heavy atom. The van der Waals surface area contributed by atoms with Crippen LogP contribution in [0.4, 0.5) is 10.5 Å². The van der Waals surface area contributed by atoms with Gasteiger partial charge < -0.3 is 31.3 Å². The van der Waals surface area contributed by atoms with Crippen molar-refractivity contribution in [1.29, 1.82) is 0 Å². The first-order chi connectivity index (χ1) is 17.3. The number of rotatable bonds is 9. The standard InChI is InChI=1S/C29H39N3O4/c1-18(30-16-27(35)23-5-6-26(34)24(12-23)17-33)7-19-3-2-4-25(11-19)31-28(36)32-29-13-20-8-21(14-29)10-22(9-20)15-29/h2-6,11-12,18,20-22,27,30,33-35H,7-10,13-17H2,1H3,(H2,31,32,36)/t18-,20?,21?,22?,27+,29?/m1/s1. The molecule has 0 aromatic heterocycles. The van der Waals surface area contributed by atoms with E-state index in [4.69, 9.17) is 0 Å². The quantitative estimate of drug-likeness (QED) is 0.313. The molecule has 36 heavy (non-hydrogen) atoms. The summed E-state index contributed by atoms with van der Waals surface area (Å²) in [6.07, 6.45) is 7.45. The summed E-state index contributed by atoms with van der Waals surface area (Å²) in [5.41, 5.74) is 2.93. The molecule has 7 heteroatoms. The van der Waals surface area contributed by atoms with Crippen molar-refractivity contribution in [2.45, 2.75) is 76.2 Å². The fraction of sp³-hybridized carbons (Fsp3) is 0.552. The van der Waals surface area contributed by atoms with Crippen LogP contribution in [-0.4, -0.2) is 39.5 Å². The number of carbonyl (C=O) groups excluding carboxylic acids is 1. The Hall–Kier alpha value is -2.61. The summed E-state index contributed by atoms with van der Waals surface area (Å²) < 4.78 is 0. The highest BCUT2D eigenvalue weighted by Crippen LogP contribution is 2.55. The molecule has 194 valence electrons. The highest BCUT2D eigenvalue weighted by atomic mass is 16.3. The van der Waals surface area contributed by atoms with Crippen molar-refractivity contribution in [3.8, 4) is 5.75 Å². The van der Waals surface area contributed by atoms with E-state index in [1.165, 1.54) is 25.3 Å². The molecule has 2 atom stereocenters. The summed E-state index contributed by atoms with van der Waals surface area (Å²) in [6, 6.07) is 12.7. The third-order valence-corrected chi connectivity index (χ3v) is 8.46. The molecule has 2 amide bonds. The minimum absolute atomic E-state index is 0.00878. The van der Waals surface area contributed by atoms with Crippen molar-refractivity contribution in [2.24, 2.45) is 17.8 Å². The number of hydrogen-bond donors (Lipinski definition) is 6. The molecule has 7 nitrogen and oxygen atoms in total. The first-order valence-corrected chi connectivity index (χ1v) is 13.3. The van der Waals surface area contributed by atoms with E-state index in [0.717, 1.165) is 54.7 Å². The number of urea groups is 1. The molecule has 6 rings (SSSR count). The van der Waals surface area contributed by atoms with Crippen molar-refractivity contribution >= 4 is 11.7 Å². The molecule has 0 radical (unpaired) electrons. The van der Waals surface area contributed by atoms with Crippen LogP contribution in [0, 0.1) is 17.8 Å². The number of carbonyl (C=O) groups is 1. The third kappa shape index (κ3) is 5.69. The topological polar surface area (TPSA) is 114 Å². The van der Waals surface area contributed by atoms with E-state index < -0.39 is 6.10 Å². The lowest BCUT2D eigenvalue weighted by molar-refractivity contribution is -0.0127. The molecule has 0 spiro atoms. The maximum absolute atomic E-state index is 12.9. The molecule has 4 saturated carbocycles. The lowest BCUT2D eigenvalue weighted by Crippen LogP contribution is -2.60. The number of phenols is 1. The van der Waals surface area contributed by atoms with Crippen molar-refractivity contribution in [3.63, 3.8) is 0 Å². The molecular formula is C29H39N3O4. The average molecular weight is 494 g/mol. The largest absolute Gasteiger partial charge is 0.508 e. The Morgan fingerprint density at radius 1 is 1.06 bits per heavy atom. The summed E-state index contributed by atoms with van der Waals surface area (Å²) in [7, 11) is 0. The van der Waals surface area contributed by atoms with Crippen LogP contribution < -0.4 is 16.0 Å². The van der Waals surface area contributed by atoms with Crippen LogP contribution in [-0.2, 0) is 13.0 Å². The van der Waals surface area contributed by atoms with E-state index in [1.807, 2.05) is 24.3 Å². The first-order valence-electron chi connectivity index (χ1n) is 13.3. The molecule has 0 aliphatic heterocycles. The van der Waals surface area contributed by atoms with Gasteiger partial charge in [0.05, 0.1) is 12.7 Å². The van der Waals surface area contributed by atoms with Crippen molar-refractivity contribution in [1.82, 2.24) is 10.6 Å². The van der Waals surface area contributed by atoms with E-state index in [9.17, 15) is 20.1 Å². The number of anilines is 1. The van der Waals surface area contributed by atoms with E-state index in [0.29, 0.717) is 17.7 Å². The normalized spacial score (nSPS) is 28.0. The van der Waals surface area contributed by atoms with Crippen molar-refractivity contribution in [3.05, 3.63) is 59.2 Å². The van der Waals surface area contributed by atoms with Gasteiger partial charge in [-0.05, 0) is 105 Å². The van der Waals surface area contributed by atoms with Crippen LogP contribution in [0.15, 0.2) is 42.5 Å². The predicted octanol–water partition coefficient (Wildman–Crippen LogP) is 4.23. The van der Waals surface area contributed by atoms with Gasteiger partial charge in [-0.3, -0.25) is 0 Å². The van der Waals surface area contributed by atoms with Crippen LogP contribution in [0.3, 0.4) is 0 Å². The Labute approximate surface area is 213 Å². The fourth-order valence-corrected chi connectivity index (χ4v) is 7.24.